The minimum Gasteiger partial charge on any atom is -0.394 e. The highest BCUT2D eigenvalue weighted by molar-refractivity contribution is 6.13. The first kappa shape index (κ1) is 19.9. The van der Waals surface area contributed by atoms with Crippen LogP contribution < -0.4 is 5.32 Å². The molecule has 1 atom stereocenters. The zero-order valence-electron chi connectivity index (χ0n) is 17.2. The molecule has 2 N–H and O–H groups in total. The number of aliphatic hydroxyl groups is 1. The molecule has 5 nitrogen and oxygen atoms in total. The second-order valence-electron chi connectivity index (χ2n) is 7.64. The smallest absolute Gasteiger partial charge is 0.156 e. The summed E-state index contributed by atoms with van der Waals surface area (Å²) in [6.45, 7) is 4.25. The molecule has 2 aromatic carbocycles. The third kappa shape index (κ3) is 4.26. The van der Waals surface area contributed by atoms with Crippen molar-refractivity contribution in [3.05, 3.63) is 96.2 Å². The molecule has 4 rings (SSSR count). The number of aromatic nitrogens is 2. The number of nitrogens with zero attached hydrogens (tertiary/aromatic N) is 3. The molecule has 2 aromatic heterocycles. The van der Waals surface area contributed by atoms with E-state index in [1.54, 1.807) is 6.20 Å². The SMILES string of the molecule is CC(C)[C@@H](CO)Nc1cc(N=C(c2ccccc2)c2ccccc2)n2nccc2c1. The van der Waals surface area contributed by atoms with Crippen molar-refractivity contribution in [2.45, 2.75) is 19.9 Å². The van der Waals surface area contributed by atoms with Gasteiger partial charge >= 0.3 is 0 Å². The highest BCUT2D eigenvalue weighted by Gasteiger charge is 2.14. The van der Waals surface area contributed by atoms with Gasteiger partial charge in [0, 0.05) is 22.9 Å². The van der Waals surface area contributed by atoms with Crippen molar-refractivity contribution in [3.8, 4) is 0 Å². The number of aliphatic hydroxyl groups excluding tert-OH is 1. The minimum absolute atomic E-state index is 0.0325. The average molecular weight is 399 g/mol. The summed E-state index contributed by atoms with van der Waals surface area (Å²) in [5.41, 5.74) is 4.82. The Morgan fingerprint density at radius 3 is 2.17 bits per heavy atom. The lowest BCUT2D eigenvalue weighted by atomic mass is 10.0. The van der Waals surface area contributed by atoms with Gasteiger partial charge in [-0.2, -0.15) is 5.10 Å². The molecule has 5 heteroatoms. The van der Waals surface area contributed by atoms with Crippen LogP contribution in [0.3, 0.4) is 0 Å². The van der Waals surface area contributed by atoms with E-state index in [4.69, 9.17) is 4.99 Å². The largest absolute Gasteiger partial charge is 0.394 e. The van der Waals surface area contributed by atoms with E-state index in [0.717, 1.165) is 33.9 Å². The number of nitrogens with one attached hydrogen (secondary N) is 1. The summed E-state index contributed by atoms with van der Waals surface area (Å²) in [6, 6.07) is 26.3. The summed E-state index contributed by atoms with van der Waals surface area (Å²) >= 11 is 0. The Morgan fingerprint density at radius 1 is 0.967 bits per heavy atom. The van der Waals surface area contributed by atoms with Crippen LogP contribution in [0, 0.1) is 5.92 Å². The molecule has 0 aliphatic rings. The summed E-state index contributed by atoms with van der Waals surface area (Å²) in [5, 5.41) is 17.6. The van der Waals surface area contributed by atoms with Crippen molar-refractivity contribution in [2.75, 3.05) is 11.9 Å². The molecular formula is C25H26N4O. The van der Waals surface area contributed by atoms with E-state index in [9.17, 15) is 5.11 Å². The zero-order chi connectivity index (χ0) is 20.9. The zero-order valence-corrected chi connectivity index (χ0v) is 17.2. The number of rotatable bonds is 7. The molecule has 0 aliphatic heterocycles. The number of hydrogen-bond acceptors (Lipinski definition) is 4. The quantitative estimate of drug-likeness (QED) is 0.434. The Hall–Kier alpha value is -3.44. The standard InChI is InChI=1S/C25H26N4O/c1-18(2)23(17-30)27-21-15-22-13-14-26-29(22)24(16-21)28-25(19-9-5-3-6-10-19)20-11-7-4-8-12-20/h3-16,18,23,27,30H,17H2,1-2H3/t23-/m1/s1. The summed E-state index contributed by atoms with van der Waals surface area (Å²) in [6.07, 6.45) is 1.77. The van der Waals surface area contributed by atoms with E-state index in [1.165, 1.54) is 0 Å². The van der Waals surface area contributed by atoms with Gasteiger partial charge in [0.25, 0.3) is 0 Å². The van der Waals surface area contributed by atoms with Crippen LogP contribution in [-0.2, 0) is 0 Å². The average Bonchev–Trinajstić information content (AvgIpc) is 3.25. The lowest BCUT2D eigenvalue weighted by Gasteiger charge is -2.21. The van der Waals surface area contributed by atoms with Gasteiger partial charge in [-0.1, -0.05) is 74.5 Å². The fourth-order valence-electron chi connectivity index (χ4n) is 3.42. The predicted octanol–water partition coefficient (Wildman–Crippen LogP) is 4.93. The van der Waals surface area contributed by atoms with Crippen LogP contribution in [-0.4, -0.2) is 33.1 Å². The van der Waals surface area contributed by atoms with E-state index in [-0.39, 0.29) is 12.6 Å². The minimum atomic E-state index is -0.0325. The predicted molar refractivity (Wildman–Crippen MR) is 123 cm³/mol. The Kier molecular flexibility index (Phi) is 5.91. The van der Waals surface area contributed by atoms with Crippen LogP contribution in [0.2, 0.25) is 0 Å². The molecule has 152 valence electrons. The van der Waals surface area contributed by atoms with Crippen LogP contribution in [0.4, 0.5) is 11.5 Å². The van der Waals surface area contributed by atoms with E-state index in [2.05, 4.69) is 48.5 Å². The summed E-state index contributed by atoms with van der Waals surface area (Å²) in [4.78, 5) is 5.05. The lowest BCUT2D eigenvalue weighted by molar-refractivity contribution is 0.249. The molecule has 0 unspecified atom stereocenters. The molecule has 4 aromatic rings. The fourth-order valence-corrected chi connectivity index (χ4v) is 3.42. The van der Waals surface area contributed by atoms with E-state index < -0.39 is 0 Å². The van der Waals surface area contributed by atoms with Crippen LogP contribution >= 0.6 is 0 Å². The molecular weight excluding hydrogens is 372 g/mol. The molecule has 0 saturated carbocycles. The Morgan fingerprint density at radius 2 is 1.60 bits per heavy atom. The highest BCUT2D eigenvalue weighted by Crippen LogP contribution is 2.25. The van der Waals surface area contributed by atoms with Crippen molar-refractivity contribution in [3.63, 3.8) is 0 Å². The highest BCUT2D eigenvalue weighted by atomic mass is 16.3. The van der Waals surface area contributed by atoms with Crippen LogP contribution in [0.25, 0.3) is 5.52 Å². The second kappa shape index (κ2) is 8.93. The van der Waals surface area contributed by atoms with E-state index in [0.29, 0.717) is 5.92 Å². The first-order chi connectivity index (χ1) is 14.7. The number of hydrogen-bond donors (Lipinski definition) is 2. The summed E-state index contributed by atoms with van der Waals surface area (Å²) in [5.74, 6) is 1.02. The van der Waals surface area contributed by atoms with Gasteiger partial charge in [0.2, 0.25) is 0 Å². The van der Waals surface area contributed by atoms with Crippen molar-refractivity contribution in [1.29, 1.82) is 0 Å². The number of anilines is 1. The Balaban J connectivity index is 1.85. The Labute approximate surface area is 176 Å². The number of benzene rings is 2. The molecule has 0 spiro atoms. The number of pyridine rings is 1. The number of aliphatic imine (C=N–C) groups is 1. The molecule has 30 heavy (non-hydrogen) atoms. The first-order valence-corrected chi connectivity index (χ1v) is 10.2. The van der Waals surface area contributed by atoms with Gasteiger partial charge in [-0.05, 0) is 18.1 Å². The normalized spacial score (nSPS) is 12.1. The molecule has 2 heterocycles. The van der Waals surface area contributed by atoms with Gasteiger partial charge < -0.3 is 10.4 Å². The topological polar surface area (TPSA) is 61.9 Å². The summed E-state index contributed by atoms with van der Waals surface area (Å²) < 4.78 is 1.83. The number of fused-ring (bicyclic) bond motifs is 1. The van der Waals surface area contributed by atoms with Gasteiger partial charge in [0.1, 0.15) is 0 Å². The molecule has 0 fully saturated rings. The van der Waals surface area contributed by atoms with Crippen molar-refractivity contribution >= 4 is 22.7 Å². The second-order valence-corrected chi connectivity index (χ2v) is 7.64. The van der Waals surface area contributed by atoms with Crippen molar-refractivity contribution in [2.24, 2.45) is 10.9 Å². The fraction of sp³-hybridized carbons (Fsp3) is 0.200. The maximum atomic E-state index is 9.74. The van der Waals surface area contributed by atoms with Gasteiger partial charge in [-0.3, -0.25) is 0 Å². The summed E-state index contributed by atoms with van der Waals surface area (Å²) in [7, 11) is 0. The van der Waals surface area contributed by atoms with Crippen LogP contribution in [0.5, 0.6) is 0 Å². The van der Waals surface area contributed by atoms with Gasteiger partial charge in [-0.25, -0.2) is 9.51 Å². The van der Waals surface area contributed by atoms with Crippen LogP contribution in [0.1, 0.15) is 25.0 Å². The van der Waals surface area contributed by atoms with Gasteiger partial charge in [0.15, 0.2) is 5.82 Å². The molecule has 0 saturated heterocycles. The van der Waals surface area contributed by atoms with E-state index in [1.807, 2.05) is 59.1 Å². The maximum Gasteiger partial charge on any atom is 0.156 e. The van der Waals surface area contributed by atoms with Gasteiger partial charge in [0.05, 0.1) is 30.1 Å². The lowest BCUT2D eigenvalue weighted by Crippen LogP contribution is -2.29. The maximum absolute atomic E-state index is 9.74. The third-order valence-electron chi connectivity index (χ3n) is 5.15. The van der Waals surface area contributed by atoms with Crippen molar-refractivity contribution in [1.82, 2.24) is 9.61 Å². The van der Waals surface area contributed by atoms with Gasteiger partial charge in [-0.15, -0.1) is 0 Å². The van der Waals surface area contributed by atoms with Crippen molar-refractivity contribution < 1.29 is 5.11 Å². The van der Waals surface area contributed by atoms with E-state index >= 15 is 0 Å². The Bertz CT molecular complexity index is 1090. The third-order valence-corrected chi connectivity index (χ3v) is 5.15. The van der Waals surface area contributed by atoms with Crippen LogP contribution in [0.15, 0.2) is 90.1 Å². The molecule has 0 aliphatic carbocycles. The molecule has 0 bridgehead atoms. The molecule has 0 amide bonds. The first-order valence-electron chi connectivity index (χ1n) is 10.2. The molecule has 0 radical (unpaired) electrons. The monoisotopic (exact) mass is 398 g/mol.